The summed E-state index contributed by atoms with van der Waals surface area (Å²) >= 11 is 0. The second-order valence-electron chi connectivity index (χ2n) is 7.59. The van der Waals surface area contributed by atoms with E-state index in [1.165, 1.54) is 19.3 Å². The molecular formula is C19H31N. The molecule has 0 radical (unpaired) electrons. The zero-order chi connectivity index (χ0) is 14.8. The lowest BCUT2D eigenvalue weighted by atomic mass is 9.72. The van der Waals surface area contributed by atoms with Gasteiger partial charge in [0, 0.05) is 6.04 Å². The van der Waals surface area contributed by atoms with Crippen LogP contribution in [0.5, 0.6) is 0 Å². The van der Waals surface area contributed by atoms with Crippen molar-refractivity contribution in [1.82, 2.24) is 5.32 Å². The van der Waals surface area contributed by atoms with E-state index in [9.17, 15) is 0 Å². The third-order valence-corrected chi connectivity index (χ3v) is 5.14. The molecule has 1 aromatic rings. The quantitative estimate of drug-likeness (QED) is 0.787. The maximum Gasteiger partial charge on any atom is 0.00756 e. The van der Waals surface area contributed by atoms with Crippen molar-refractivity contribution >= 4 is 0 Å². The molecule has 0 saturated heterocycles. The minimum atomic E-state index is 0.408. The molecule has 20 heavy (non-hydrogen) atoms. The number of fused-ring (bicyclic) bond motifs is 1. The molecule has 1 heteroatoms. The number of hydrogen-bond acceptors (Lipinski definition) is 1. The molecule has 1 aromatic carbocycles. The monoisotopic (exact) mass is 273 g/mol. The van der Waals surface area contributed by atoms with Gasteiger partial charge < -0.3 is 5.32 Å². The summed E-state index contributed by atoms with van der Waals surface area (Å²) in [5.74, 6) is 1.53. The standard InChI is InChI=1S/C19H31N/c1-6-20-17(11-14(2)19(3,4)5)13-16-12-15-9-7-8-10-18(15)16/h7-10,14,16-17,20H,6,11-13H2,1-5H3. The predicted octanol–water partition coefficient (Wildman–Crippen LogP) is 4.77. The van der Waals surface area contributed by atoms with Crippen LogP contribution < -0.4 is 5.32 Å². The maximum absolute atomic E-state index is 3.72. The minimum Gasteiger partial charge on any atom is -0.314 e. The molecule has 1 aliphatic rings. The van der Waals surface area contributed by atoms with E-state index in [-0.39, 0.29) is 0 Å². The van der Waals surface area contributed by atoms with Gasteiger partial charge in [-0.25, -0.2) is 0 Å². The van der Waals surface area contributed by atoms with E-state index < -0.39 is 0 Å². The molecule has 0 aliphatic heterocycles. The van der Waals surface area contributed by atoms with E-state index >= 15 is 0 Å². The van der Waals surface area contributed by atoms with Crippen molar-refractivity contribution in [2.24, 2.45) is 11.3 Å². The highest BCUT2D eigenvalue weighted by Gasteiger charge is 2.30. The summed E-state index contributed by atoms with van der Waals surface area (Å²) in [6.45, 7) is 12.8. The third-order valence-electron chi connectivity index (χ3n) is 5.14. The maximum atomic E-state index is 3.72. The molecule has 1 N–H and O–H groups in total. The van der Waals surface area contributed by atoms with E-state index in [2.05, 4.69) is 64.2 Å². The first-order valence-corrected chi connectivity index (χ1v) is 8.23. The van der Waals surface area contributed by atoms with Crippen molar-refractivity contribution in [3.63, 3.8) is 0 Å². The number of rotatable bonds is 6. The van der Waals surface area contributed by atoms with Crippen molar-refractivity contribution in [3.05, 3.63) is 35.4 Å². The fourth-order valence-electron chi connectivity index (χ4n) is 3.25. The Labute approximate surface area is 125 Å². The number of hydrogen-bond donors (Lipinski definition) is 1. The largest absolute Gasteiger partial charge is 0.314 e. The first-order valence-electron chi connectivity index (χ1n) is 8.23. The van der Waals surface area contributed by atoms with Gasteiger partial charge in [-0.05, 0) is 54.2 Å². The van der Waals surface area contributed by atoms with Crippen LogP contribution in [0.4, 0.5) is 0 Å². The summed E-state index contributed by atoms with van der Waals surface area (Å²) in [7, 11) is 0. The third kappa shape index (κ3) is 3.63. The van der Waals surface area contributed by atoms with Gasteiger partial charge in [-0.15, -0.1) is 0 Å². The van der Waals surface area contributed by atoms with Crippen LogP contribution in [0.1, 0.15) is 64.5 Å². The van der Waals surface area contributed by atoms with Crippen LogP contribution in [0.25, 0.3) is 0 Å². The smallest absolute Gasteiger partial charge is 0.00756 e. The van der Waals surface area contributed by atoms with Crippen LogP contribution in [0.2, 0.25) is 0 Å². The van der Waals surface area contributed by atoms with Gasteiger partial charge in [0.05, 0.1) is 0 Å². The van der Waals surface area contributed by atoms with Crippen molar-refractivity contribution in [3.8, 4) is 0 Å². The molecule has 0 bridgehead atoms. The van der Waals surface area contributed by atoms with Gasteiger partial charge in [-0.1, -0.05) is 58.9 Å². The van der Waals surface area contributed by atoms with Crippen molar-refractivity contribution in [1.29, 1.82) is 0 Å². The zero-order valence-corrected chi connectivity index (χ0v) is 13.9. The topological polar surface area (TPSA) is 12.0 Å². The van der Waals surface area contributed by atoms with Gasteiger partial charge >= 0.3 is 0 Å². The highest BCUT2D eigenvalue weighted by atomic mass is 14.9. The second kappa shape index (κ2) is 6.30. The molecule has 2 rings (SSSR count). The van der Waals surface area contributed by atoms with Crippen LogP contribution in [-0.4, -0.2) is 12.6 Å². The summed E-state index contributed by atoms with van der Waals surface area (Å²) in [4.78, 5) is 0. The predicted molar refractivity (Wildman–Crippen MR) is 88.2 cm³/mol. The van der Waals surface area contributed by atoms with Crippen LogP contribution in [0, 0.1) is 11.3 Å². The van der Waals surface area contributed by atoms with Crippen LogP contribution in [-0.2, 0) is 6.42 Å². The Balaban J connectivity index is 1.94. The molecule has 0 amide bonds. The average molecular weight is 273 g/mol. The highest BCUT2D eigenvalue weighted by molar-refractivity contribution is 5.39. The van der Waals surface area contributed by atoms with Crippen LogP contribution in [0.15, 0.2) is 24.3 Å². The second-order valence-corrected chi connectivity index (χ2v) is 7.59. The summed E-state index contributed by atoms with van der Waals surface area (Å²) < 4.78 is 0. The SMILES string of the molecule is CCNC(CC1Cc2ccccc21)CC(C)C(C)(C)C. The Bertz CT molecular complexity index is 430. The molecule has 1 aliphatic carbocycles. The van der Waals surface area contributed by atoms with Gasteiger partial charge in [0.25, 0.3) is 0 Å². The summed E-state index contributed by atoms with van der Waals surface area (Å²) in [5, 5.41) is 3.72. The molecule has 0 heterocycles. The number of nitrogens with one attached hydrogen (secondary N) is 1. The fourth-order valence-corrected chi connectivity index (χ4v) is 3.25. The van der Waals surface area contributed by atoms with E-state index in [0.717, 1.165) is 18.4 Å². The van der Waals surface area contributed by atoms with Crippen LogP contribution >= 0.6 is 0 Å². The Morgan fingerprint density at radius 3 is 2.55 bits per heavy atom. The van der Waals surface area contributed by atoms with E-state index in [1.807, 2.05) is 0 Å². The molecule has 0 aromatic heterocycles. The summed E-state index contributed by atoms with van der Waals surface area (Å²) in [6.07, 6.45) is 3.86. The van der Waals surface area contributed by atoms with E-state index in [1.54, 1.807) is 11.1 Å². The Morgan fingerprint density at radius 2 is 1.95 bits per heavy atom. The van der Waals surface area contributed by atoms with Gasteiger partial charge in [-0.3, -0.25) is 0 Å². The van der Waals surface area contributed by atoms with Crippen LogP contribution in [0.3, 0.4) is 0 Å². The molecule has 3 unspecified atom stereocenters. The molecule has 0 saturated carbocycles. The molecule has 1 nitrogen and oxygen atoms in total. The van der Waals surface area contributed by atoms with E-state index in [4.69, 9.17) is 0 Å². The lowest BCUT2D eigenvalue weighted by Crippen LogP contribution is -2.36. The Kier molecular flexibility index (Phi) is 4.90. The zero-order valence-electron chi connectivity index (χ0n) is 13.9. The Morgan fingerprint density at radius 1 is 1.25 bits per heavy atom. The fraction of sp³-hybridized carbons (Fsp3) is 0.684. The average Bonchev–Trinajstić information content (AvgIpc) is 2.35. The van der Waals surface area contributed by atoms with Crippen molar-refractivity contribution < 1.29 is 0 Å². The summed E-state index contributed by atoms with van der Waals surface area (Å²) in [5.41, 5.74) is 3.57. The number of benzene rings is 1. The van der Waals surface area contributed by atoms with Gasteiger partial charge in [0.1, 0.15) is 0 Å². The molecular weight excluding hydrogens is 242 g/mol. The lowest BCUT2D eigenvalue weighted by molar-refractivity contribution is 0.214. The first-order chi connectivity index (χ1) is 9.41. The highest BCUT2D eigenvalue weighted by Crippen LogP contribution is 2.39. The first kappa shape index (κ1) is 15.6. The molecule has 0 spiro atoms. The minimum absolute atomic E-state index is 0.408. The van der Waals surface area contributed by atoms with E-state index in [0.29, 0.717) is 11.5 Å². The van der Waals surface area contributed by atoms with Crippen molar-refractivity contribution in [2.45, 2.75) is 65.8 Å². The molecule has 112 valence electrons. The van der Waals surface area contributed by atoms with Crippen molar-refractivity contribution in [2.75, 3.05) is 6.54 Å². The normalized spacial score (nSPS) is 20.9. The Hall–Kier alpha value is -0.820. The van der Waals surface area contributed by atoms with Gasteiger partial charge in [-0.2, -0.15) is 0 Å². The lowest BCUT2D eigenvalue weighted by Gasteiger charge is -2.36. The summed E-state index contributed by atoms with van der Waals surface area (Å²) in [6, 6.07) is 9.61. The molecule has 0 fully saturated rings. The van der Waals surface area contributed by atoms with Gasteiger partial charge in [0.2, 0.25) is 0 Å². The van der Waals surface area contributed by atoms with Gasteiger partial charge in [0.15, 0.2) is 0 Å². The molecule has 3 atom stereocenters.